The summed E-state index contributed by atoms with van der Waals surface area (Å²) in [6.07, 6.45) is 1.59. The van der Waals surface area contributed by atoms with Crippen LogP contribution in [-0.2, 0) is 6.61 Å². The lowest BCUT2D eigenvalue weighted by Gasteiger charge is -2.11. The van der Waals surface area contributed by atoms with Gasteiger partial charge >= 0.3 is 0 Å². The Morgan fingerprint density at radius 1 is 1.26 bits per heavy atom. The van der Waals surface area contributed by atoms with Crippen LogP contribution in [0.5, 0.6) is 11.5 Å². The van der Waals surface area contributed by atoms with Gasteiger partial charge in [0, 0.05) is 5.02 Å². The second kappa shape index (κ2) is 8.36. The number of hydrogen-bond acceptors (Lipinski definition) is 4. The van der Waals surface area contributed by atoms with Crippen molar-refractivity contribution < 1.29 is 9.47 Å². The van der Waals surface area contributed by atoms with E-state index in [0.717, 1.165) is 11.1 Å². The maximum Gasteiger partial charge on any atom is 0.184 e. The van der Waals surface area contributed by atoms with Gasteiger partial charge in [-0.05, 0) is 53.7 Å². The maximum atomic E-state index is 5.86. The molecule has 0 unspecified atom stereocenters. The van der Waals surface area contributed by atoms with E-state index in [0.29, 0.717) is 23.1 Å². The average molecular weight is 350 g/mol. The number of nitrogens with two attached hydrogens (primary N) is 1. The number of halogens is 1. The van der Waals surface area contributed by atoms with E-state index in [9.17, 15) is 0 Å². The van der Waals surface area contributed by atoms with Crippen LogP contribution in [0.3, 0.4) is 0 Å². The van der Waals surface area contributed by atoms with Gasteiger partial charge < -0.3 is 15.2 Å². The van der Waals surface area contributed by atoms with Crippen LogP contribution in [0.15, 0.2) is 47.6 Å². The second-order valence-corrected chi connectivity index (χ2v) is 5.44. The summed E-state index contributed by atoms with van der Waals surface area (Å²) in [6, 6.07) is 13.0. The number of thiocarbonyl (C=S) groups is 1. The van der Waals surface area contributed by atoms with Gasteiger partial charge in [-0.2, -0.15) is 5.10 Å². The molecule has 120 valence electrons. The molecule has 0 saturated carbocycles. The van der Waals surface area contributed by atoms with Crippen molar-refractivity contribution in [2.75, 3.05) is 7.11 Å². The molecular weight excluding hydrogens is 334 g/mol. The molecule has 0 fully saturated rings. The van der Waals surface area contributed by atoms with Crippen LogP contribution in [0.2, 0.25) is 5.02 Å². The van der Waals surface area contributed by atoms with E-state index < -0.39 is 0 Å². The molecule has 2 rings (SSSR count). The third-order valence-corrected chi connectivity index (χ3v) is 3.23. The molecule has 0 aliphatic carbocycles. The molecule has 0 bridgehead atoms. The van der Waals surface area contributed by atoms with Crippen LogP contribution in [0.25, 0.3) is 0 Å². The van der Waals surface area contributed by atoms with Crippen LogP contribution in [0.4, 0.5) is 0 Å². The summed E-state index contributed by atoms with van der Waals surface area (Å²) in [5.41, 5.74) is 9.63. The van der Waals surface area contributed by atoms with Crippen LogP contribution in [-0.4, -0.2) is 18.4 Å². The van der Waals surface area contributed by atoms with Crippen molar-refractivity contribution in [3.63, 3.8) is 0 Å². The first kappa shape index (κ1) is 17.1. The SMILES string of the molecule is COc1cc(C=NNC(N)=S)ccc1OCc1ccc(Cl)cc1. The number of hydrazone groups is 1. The Bertz CT molecular complexity index is 705. The van der Waals surface area contributed by atoms with E-state index >= 15 is 0 Å². The minimum atomic E-state index is 0.108. The summed E-state index contributed by atoms with van der Waals surface area (Å²) in [5, 5.41) is 4.70. The van der Waals surface area contributed by atoms with Crippen molar-refractivity contribution in [1.29, 1.82) is 0 Å². The molecule has 0 aliphatic heterocycles. The molecule has 0 aromatic heterocycles. The van der Waals surface area contributed by atoms with E-state index in [4.69, 9.17) is 26.8 Å². The fraction of sp³-hybridized carbons (Fsp3) is 0.125. The minimum Gasteiger partial charge on any atom is -0.493 e. The molecule has 0 heterocycles. The Labute approximate surface area is 145 Å². The highest BCUT2D eigenvalue weighted by atomic mass is 35.5. The van der Waals surface area contributed by atoms with Crippen LogP contribution >= 0.6 is 23.8 Å². The molecule has 0 aliphatic rings. The quantitative estimate of drug-likeness (QED) is 0.476. The normalized spacial score (nSPS) is 10.5. The molecule has 23 heavy (non-hydrogen) atoms. The Kier molecular flexibility index (Phi) is 6.19. The monoisotopic (exact) mass is 349 g/mol. The summed E-state index contributed by atoms with van der Waals surface area (Å²) >= 11 is 10.5. The van der Waals surface area contributed by atoms with Gasteiger partial charge in [-0.15, -0.1) is 0 Å². The Balaban J connectivity index is 2.05. The van der Waals surface area contributed by atoms with Crippen molar-refractivity contribution in [2.45, 2.75) is 6.61 Å². The van der Waals surface area contributed by atoms with Crippen LogP contribution < -0.4 is 20.6 Å². The topological polar surface area (TPSA) is 68.9 Å². The van der Waals surface area contributed by atoms with Gasteiger partial charge in [-0.25, -0.2) is 0 Å². The van der Waals surface area contributed by atoms with E-state index in [1.165, 1.54) is 0 Å². The number of benzene rings is 2. The average Bonchev–Trinajstić information content (AvgIpc) is 2.54. The summed E-state index contributed by atoms with van der Waals surface area (Å²) in [7, 11) is 1.58. The van der Waals surface area contributed by atoms with Crippen LogP contribution in [0.1, 0.15) is 11.1 Å². The molecule has 2 aromatic rings. The lowest BCUT2D eigenvalue weighted by Crippen LogP contribution is -2.23. The summed E-state index contributed by atoms with van der Waals surface area (Å²) in [6.45, 7) is 0.421. The second-order valence-electron chi connectivity index (χ2n) is 4.56. The van der Waals surface area contributed by atoms with Crippen molar-refractivity contribution in [2.24, 2.45) is 10.8 Å². The number of ether oxygens (including phenoxy) is 2. The third-order valence-electron chi connectivity index (χ3n) is 2.88. The number of methoxy groups -OCH3 is 1. The van der Waals surface area contributed by atoms with E-state index in [-0.39, 0.29) is 5.11 Å². The Hall–Kier alpha value is -2.31. The highest BCUT2D eigenvalue weighted by Gasteiger charge is 2.05. The molecule has 0 radical (unpaired) electrons. The highest BCUT2D eigenvalue weighted by molar-refractivity contribution is 7.80. The summed E-state index contributed by atoms with van der Waals surface area (Å²) in [5.74, 6) is 1.25. The minimum absolute atomic E-state index is 0.108. The molecule has 3 N–H and O–H groups in total. The Morgan fingerprint density at radius 3 is 2.65 bits per heavy atom. The molecule has 2 aromatic carbocycles. The lowest BCUT2D eigenvalue weighted by molar-refractivity contribution is 0.284. The van der Waals surface area contributed by atoms with E-state index in [1.54, 1.807) is 13.3 Å². The first-order valence-electron chi connectivity index (χ1n) is 6.72. The van der Waals surface area contributed by atoms with Gasteiger partial charge in [0.1, 0.15) is 6.61 Å². The van der Waals surface area contributed by atoms with Gasteiger partial charge in [0.05, 0.1) is 13.3 Å². The van der Waals surface area contributed by atoms with E-state index in [1.807, 2.05) is 42.5 Å². The molecule has 5 nitrogen and oxygen atoms in total. The van der Waals surface area contributed by atoms with Crippen molar-refractivity contribution in [1.82, 2.24) is 5.43 Å². The van der Waals surface area contributed by atoms with Gasteiger partial charge in [0.15, 0.2) is 16.6 Å². The first-order chi connectivity index (χ1) is 11.1. The molecule has 0 saturated heterocycles. The molecule has 7 heteroatoms. The zero-order valence-corrected chi connectivity index (χ0v) is 14.0. The zero-order valence-electron chi connectivity index (χ0n) is 12.5. The van der Waals surface area contributed by atoms with Gasteiger partial charge in [-0.3, -0.25) is 5.43 Å². The predicted molar refractivity (Wildman–Crippen MR) is 96.3 cm³/mol. The van der Waals surface area contributed by atoms with E-state index in [2.05, 4.69) is 22.7 Å². The number of rotatable bonds is 6. The number of nitrogens with zero attached hydrogens (tertiary/aromatic N) is 1. The van der Waals surface area contributed by atoms with Crippen molar-refractivity contribution >= 4 is 35.1 Å². The third kappa shape index (κ3) is 5.43. The van der Waals surface area contributed by atoms with Gasteiger partial charge in [-0.1, -0.05) is 23.7 Å². The van der Waals surface area contributed by atoms with Gasteiger partial charge in [0.25, 0.3) is 0 Å². The van der Waals surface area contributed by atoms with Crippen molar-refractivity contribution in [3.8, 4) is 11.5 Å². The smallest absolute Gasteiger partial charge is 0.184 e. The largest absolute Gasteiger partial charge is 0.493 e. The summed E-state index contributed by atoms with van der Waals surface area (Å²) in [4.78, 5) is 0. The van der Waals surface area contributed by atoms with Gasteiger partial charge in [0.2, 0.25) is 0 Å². The maximum absolute atomic E-state index is 5.86. The lowest BCUT2D eigenvalue weighted by atomic mass is 10.2. The first-order valence-corrected chi connectivity index (χ1v) is 7.51. The summed E-state index contributed by atoms with van der Waals surface area (Å²) < 4.78 is 11.1. The molecule has 0 spiro atoms. The molecule has 0 atom stereocenters. The standard InChI is InChI=1S/C16H16ClN3O2S/c1-21-15-8-12(9-19-20-16(18)23)4-7-14(15)22-10-11-2-5-13(17)6-3-11/h2-9H,10H2,1H3,(H3,18,20,23). The fourth-order valence-corrected chi connectivity index (χ4v) is 1.97. The number of hydrogen-bond donors (Lipinski definition) is 2. The molecule has 0 amide bonds. The number of nitrogens with one attached hydrogen (secondary N) is 1. The Morgan fingerprint density at radius 2 is 2.00 bits per heavy atom. The van der Waals surface area contributed by atoms with Crippen LogP contribution in [0, 0.1) is 0 Å². The molecular formula is C16H16ClN3O2S. The predicted octanol–water partition coefficient (Wildman–Crippen LogP) is 3.09. The fourth-order valence-electron chi connectivity index (χ4n) is 1.80. The van der Waals surface area contributed by atoms with Crippen molar-refractivity contribution in [3.05, 3.63) is 58.6 Å². The zero-order chi connectivity index (χ0) is 16.7. The highest BCUT2D eigenvalue weighted by Crippen LogP contribution is 2.28.